The van der Waals surface area contributed by atoms with Crippen LogP contribution >= 0.6 is 24.0 Å². The van der Waals surface area contributed by atoms with Gasteiger partial charge in [-0.2, -0.15) is 13.2 Å². The highest BCUT2D eigenvalue weighted by atomic mass is 127. The second-order valence-corrected chi connectivity index (χ2v) is 7.30. The van der Waals surface area contributed by atoms with Gasteiger partial charge in [-0.3, -0.25) is 9.89 Å². The molecule has 2 heterocycles. The molecule has 1 saturated heterocycles. The molecule has 1 aromatic rings. The van der Waals surface area contributed by atoms with E-state index in [1.165, 1.54) is 12.8 Å². The third-order valence-electron chi connectivity index (χ3n) is 4.93. The average Bonchev–Trinajstić information content (AvgIpc) is 3.42. The van der Waals surface area contributed by atoms with Crippen LogP contribution in [0.3, 0.4) is 0 Å². The molecule has 3 N–H and O–H groups in total. The van der Waals surface area contributed by atoms with Crippen LogP contribution in [0.25, 0.3) is 0 Å². The highest BCUT2D eigenvalue weighted by molar-refractivity contribution is 14.0. The zero-order chi connectivity index (χ0) is 20.1. The van der Waals surface area contributed by atoms with Gasteiger partial charge >= 0.3 is 6.18 Å². The highest BCUT2D eigenvalue weighted by Gasteiger charge is 2.39. The Morgan fingerprint density at radius 3 is 2.76 bits per heavy atom. The zero-order valence-electron chi connectivity index (χ0n) is 16.7. The van der Waals surface area contributed by atoms with Crippen molar-refractivity contribution in [1.82, 2.24) is 25.5 Å². The minimum Gasteiger partial charge on any atom is -0.357 e. The fourth-order valence-corrected chi connectivity index (χ4v) is 3.53. The van der Waals surface area contributed by atoms with Gasteiger partial charge in [0.1, 0.15) is 5.69 Å². The van der Waals surface area contributed by atoms with Crippen molar-refractivity contribution >= 4 is 35.9 Å². The Morgan fingerprint density at radius 1 is 1.34 bits per heavy atom. The van der Waals surface area contributed by atoms with E-state index in [1.54, 1.807) is 0 Å². The summed E-state index contributed by atoms with van der Waals surface area (Å²) in [6.45, 7) is 6.76. The topological polar surface area (TPSA) is 77.5 Å². The number of halogens is 4. The van der Waals surface area contributed by atoms with Crippen molar-refractivity contribution in [2.24, 2.45) is 4.99 Å². The van der Waals surface area contributed by atoms with Gasteiger partial charge in [-0.05, 0) is 39.2 Å². The summed E-state index contributed by atoms with van der Waals surface area (Å²) in [6, 6.07) is 2.53. The van der Waals surface area contributed by atoms with Crippen LogP contribution in [-0.4, -0.2) is 65.1 Å². The van der Waals surface area contributed by atoms with Crippen LogP contribution in [0.2, 0.25) is 0 Å². The Labute approximate surface area is 186 Å². The Hall–Kier alpha value is -1.37. The normalized spacial score (nSPS) is 22.9. The van der Waals surface area contributed by atoms with Crippen molar-refractivity contribution in [2.75, 3.05) is 31.5 Å². The minimum absolute atomic E-state index is 0. The molecule has 0 amide bonds. The van der Waals surface area contributed by atoms with Crippen molar-refractivity contribution in [2.45, 2.75) is 57.4 Å². The Kier molecular flexibility index (Phi) is 8.73. The van der Waals surface area contributed by atoms with E-state index in [2.05, 4.69) is 42.7 Å². The molecule has 1 aliphatic carbocycles. The Morgan fingerprint density at radius 2 is 2.10 bits per heavy atom. The van der Waals surface area contributed by atoms with E-state index >= 15 is 0 Å². The first-order chi connectivity index (χ1) is 13.4. The van der Waals surface area contributed by atoms with Gasteiger partial charge in [0.2, 0.25) is 5.95 Å². The standard InChI is InChI=1S/C18H28F3N7.HI/c1-3-22-16(26-13-10-12(2)28(11-13)14-4-5-14)24-8-9-25-17-23-7-6-15(27-17)18(19,20)21;/h6-7,12-14H,3-5,8-11H2,1-2H3,(H2,22,24,26)(H,23,25,27);1H. The molecule has 0 radical (unpaired) electrons. The summed E-state index contributed by atoms with van der Waals surface area (Å²) in [5.74, 6) is 0.678. The zero-order valence-corrected chi connectivity index (χ0v) is 19.0. The maximum absolute atomic E-state index is 12.7. The molecule has 1 aromatic heterocycles. The lowest BCUT2D eigenvalue weighted by atomic mass is 10.2. The first-order valence-electron chi connectivity index (χ1n) is 9.81. The molecule has 11 heteroatoms. The number of alkyl halides is 3. The van der Waals surface area contributed by atoms with Gasteiger partial charge in [0.05, 0.1) is 6.54 Å². The van der Waals surface area contributed by atoms with Gasteiger partial charge in [0, 0.05) is 44.0 Å². The average molecular weight is 527 g/mol. The number of aliphatic imine (C=N–C) groups is 1. The number of likely N-dealkylation sites (tertiary alicyclic amines) is 1. The van der Waals surface area contributed by atoms with E-state index in [4.69, 9.17) is 0 Å². The number of nitrogens with zero attached hydrogens (tertiary/aromatic N) is 4. The molecule has 2 atom stereocenters. The summed E-state index contributed by atoms with van der Waals surface area (Å²) in [4.78, 5) is 14.4. The number of aromatic nitrogens is 2. The van der Waals surface area contributed by atoms with E-state index in [9.17, 15) is 13.2 Å². The van der Waals surface area contributed by atoms with Crippen LogP contribution in [0, 0.1) is 0 Å². The molecule has 1 aliphatic heterocycles. The van der Waals surface area contributed by atoms with E-state index in [-0.39, 0.29) is 29.9 Å². The largest absolute Gasteiger partial charge is 0.433 e. The summed E-state index contributed by atoms with van der Waals surface area (Å²) < 4.78 is 38.1. The van der Waals surface area contributed by atoms with Crippen LogP contribution in [-0.2, 0) is 6.18 Å². The molecule has 1 saturated carbocycles. The summed E-state index contributed by atoms with van der Waals surface area (Å²) in [5, 5.41) is 9.49. The Balaban J connectivity index is 0.00000300. The predicted molar refractivity (Wildman–Crippen MR) is 118 cm³/mol. The SMILES string of the molecule is CCNC(=NCCNc1nccc(C(F)(F)F)n1)NC1CC(C)N(C2CC2)C1.I. The van der Waals surface area contributed by atoms with Crippen molar-refractivity contribution < 1.29 is 13.2 Å². The first kappa shape index (κ1) is 23.9. The predicted octanol–water partition coefficient (Wildman–Crippen LogP) is 2.71. The summed E-state index contributed by atoms with van der Waals surface area (Å²) in [7, 11) is 0. The van der Waals surface area contributed by atoms with Crippen LogP contribution < -0.4 is 16.0 Å². The van der Waals surface area contributed by atoms with Crippen molar-refractivity contribution in [3.8, 4) is 0 Å². The summed E-state index contributed by atoms with van der Waals surface area (Å²) in [6.07, 6.45) is 0.298. The second-order valence-electron chi connectivity index (χ2n) is 7.30. The highest BCUT2D eigenvalue weighted by Crippen LogP contribution is 2.33. The number of nitrogens with one attached hydrogen (secondary N) is 3. The van der Waals surface area contributed by atoms with E-state index < -0.39 is 11.9 Å². The van der Waals surface area contributed by atoms with Gasteiger partial charge in [-0.15, -0.1) is 24.0 Å². The first-order valence-corrected chi connectivity index (χ1v) is 9.81. The molecule has 164 valence electrons. The monoisotopic (exact) mass is 527 g/mol. The molecular weight excluding hydrogens is 498 g/mol. The molecule has 0 spiro atoms. The third kappa shape index (κ3) is 7.12. The lowest BCUT2D eigenvalue weighted by Crippen LogP contribution is -2.45. The number of guanidine groups is 1. The van der Waals surface area contributed by atoms with Gasteiger partial charge < -0.3 is 16.0 Å². The van der Waals surface area contributed by atoms with Gasteiger partial charge in [0.15, 0.2) is 5.96 Å². The molecule has 0 aromatic carbocycles. The second kappa shape index (κ2) is 10.6. The number of anilines is 1. The van der Waals surface area contributed by atoms with Gasteiger partial charge in [-0.25, -0.2) is 9.97 Å². The third-order valence-corrected chi connectivity index (χ3v) is 4.93. The van der Waals surface area contributed by atoms with E-state index in [1.807, 2.05) is 6.92 Å². The van der Waals surface area contributed by atoms with E-state index in [0.717, 1.165) is 43.8 Å². The molecule has 7 nitrogen and oxygen atoms in total. The van der Waals surface area contributed by atoms with E-state index in [0.29, 0.717) is 25.2 Å². The van der Waals surface area contributed by atoms with Gasteiger partial charge in [-0.1, -0.05) is 0 Å². The van der Waals surface area contributed by atoms with Crippen LogP contribution in [0.1, 0.15) is 38.8 Å². The molecule has 3 rings (SSSR count). The number of hydrogen-bond donors (Lipinski definition) is 3. The fourth-order valence-electron chi connectivity index (χ4n) is 3.53. The smallest absolute Gasteiger partial charge is 0.357 e. The van der Waals surface area contributed by atoms with Crippen LogP contribution in [0.4, 0.5) is 19.1 Å². The molecule has 2 aliphatic rings. The number of rotatable bonds is 7. The molecule has 29 heavy (non-hydrogen) atoms. The van der Waals surface area contributed by atoms with Crippen molar-refractivity contribution in [1.29, 1.82) is 0 Å². The lowest BCUT2D eigenvalue weighted by molar-refractivity contribution is -0.141. The van der Waals surface area contributed by atoms with Crippen molar-refractivity contribution in [3.05, 3.63) is 18.0 Å². The van der Waals surface area contributed by atoms with Crippen LogP contribution in [0.5, 0.6) is 0 Å². The van der Waals surface area contributed by atoms with Crippen LogP contribution in [0.15, 0.2) is 17.3 Å². The summed E-state index contributed by atoms with van der Waals surface area (Å²) >= 11 is 0. The maximum atomic E-state index is 12.7. The lowest BCUT2D eigenvalue weighted by Gasteiger charge is -2.20. The quantitative estimate of drug-likeness (QED) is 0.219. The molecular formula is C18H29F3IN7. The minimum atomic E-state index is -4.48. The maximum Gasteiger partial charge on any atom is 0.433 e. The van der Waals surface area contributed by atoms with Crippen molar-refractivity contribution in [3.63, 3.8) is 0 Å². The Bertz CT molecular complexity index is 682. The molecule has 0 bridgehead atoms. The molecule has 2 fully saturated rings. The molecule has 2 unspecified atom stereocenters. The fraction of sp³-hybridized carbons (Fsp3) is 0.722. The summed E-state index contributed by atoms with van der Waals surface area (Å²) in [5.41, 5.74) is -0.959. The van der Waals surface area contributed by atoms with Gasteiger partial charge in [0.25, 0.3) is 0 Å². The number of hydrogen-bond acceptors (Lipinski definition) is 5.